The molecule has 0 radical (unpaired) electrons. The summed E-state index contributed by atoms with van der Waals surface area (Å²) < 4.78 is 0. The zero-order chi connectivity index (χ0) is 15.4. The van der Waals surface area contributed by atoms with Gasteiger partial charge in [0.2, 0.25) is 0 Å². The highest BCUT2D eigenvalue weighted by Gasteiger charge is 2.05. The second-order valence-corrected chi connectivity index (χ2v) is 4.78. The normalized spacial score (nSPS) is 10.4. The number of phenolic OH excluding ortho intramolecular Hbond substituents is 1. The number of nitrogens with zero attached hydrogens (tertiary/aromatic N) is 1. The van der Waals surface area contributed by atoms with Crippen molar-refractivity contribution in [1.82, 2.24) is 5.43 Å². The summed E-state index contributed by atoms with van der Waals surface area (Å²) in [5.41, 5.74) is 3.56. The maximum Gasteiger partial charge on any atom is 0.271 e. The number of phenols is 1. The van der Waals surface area contributed by atoms with Gasteiger partial charge in [0.15, 0.2) is 0 Å². The van der Waals surface area contributed by atoms with Crippen LogP contribution in [0.2, 0.25) is 0 Å². The maximum atomic E-state index is 11.9. The smallest absolute Gasteiger partial charge is 0.271 e. The molecule has 0 aliphatic carbocycles. The Kier molecular flexibility index (Phi) is 5.07. The Balaban J connectivity index is 0.00000192. The van der Waals surface area contributed by atoms with E-state index in [0.29, 0.717) is 11.1 Å². The van der Waals surface area contributed by atoms with E-state index in [1.54, 1.807) is 30.3 Å². The van der Waals surface area contributed by atoms with Crippen LogP contribution in [0.4, 0.5) is 0 Å². The molecule has 116 valence electrons. The summed E-state index contributed by atoms with van der Waals surface area (Å²) in [6.07, 6.45) is 1.46. The average molecular weight is 308 g/mol. The van der Waals surface area contributed by atoms with Crippen molar-refractivity contribution in [3.05, 3.63) is 77.9 Å². The van der Waals surface area contributed by atoms with Crippen molar-refractivity contribution < 1.29 is 15.4 Å². The van der Waals surface area contributed by atoms with Crippen molar-refractivity contribution in [3.63, 3.8) is 0 Å². The molecular formula is C18H16N2O3. The summed E-state index contributed by atoms with van der Waals surface area (Å²) in [6, 6.07) is 20.0. The van der Waals surface area contributed by atoms with Crippen LogP contribution in [0.1, 0.15) is 15.9 Å². The van der Waals surface area contributed by atoms with Crippen molar-refractivity contribution >= 4 is 22.9 Å². The fourth-order valence-corrected chi connectivity index (χ4v) is 2.23. The number of aromatic hydroxyl groups is 1. The number of hydrazone groups is 1. The Morgan fingerprint density at radius 3 is 2.43 bits per heavy atom. The molecule has 0 aliphatic rings. The highest BCUT2D eigenvalue weighted by molar-refractivity contribution is 6.03. The van der Waals surface area contributed by atoms with Crippen molar-refractivity contribution in [2.45, 2.75) is 0 Å². The Hall–Kier alpha value is -3.18. The molecule has 0 bridgehead atoms. The van der Waals surface area contributed by atoms with Gasteiger partial charge in [-0.2, -0.15) is 5.10 Å². The van der Waals surface area contributed by atoms with Gasteiger partial charge in [-0.15, -0.1) is 0 Å². The zero-order valence-corrected chi connectivity index (χ0v) is 12.2. The van der Waals surface area contributed by atoms with Crippen molar-refractivity contribution in [2.24, 2.45) is 5.10 Å². The molecule has 1 amide bonds. The van der Waals surface area contributed by atoms with Crippen LogP contribution < -0.4 is 5.43 Å². The van der Waals surface area contributed by atoms with Gasteiger partial charge in [0, 0.05) is 11.1 Å². The van der Waals surface area contributed by atoms with Gasteiger partial charge in [-0.3, -0.25) is 4.79 Å². The van der Waals surface area contributed by atoms with E-state index in [1.165, 1.54) is 6.21 Å². The lowest BCUT2D eigenvalue weighted by atomic mass is 10.0. The van der Waals surface area contributed by atoms with Crippen molar-refractivity contribution in [3.8, 4) is 5.75 Å². The van der Waals surface area contributed by atoms with Crippen LogP contribution in [-0.4, -0.2) is 22.7 Å². The molecule has 5 heteroatoms. The number of benzene rings is 3. The summed E-state index contributed by atoms with van der Waals surface area (Å²) in [5, 5.41) is 15.8. The number of carbonyl (C=O) groups is 1. The van der Waals surface area contributed by atoms with Gasteiger partial charge in [0.1, 0.15) is 5.75 Å². The fourth-order valence-electron chi connectivity index (χ4n) is 2.23. The van der Waals surface area contributed by atoms with Crippen molar-refractivity contribution in [1.29, 1.82) is 0 Å². The summed E-state index contributed by atoms with van der Waals surface area (Å²) >= 11 is 0. The first-order valence-corrected chi connectivity index (χ1v) is 6.85. The predicted octanol–water partition coefficient (Wildman–Crippen LogP) is 2.48. The molecule has 0 atom stereocenters. The summed E-state index contributed by atoms with van der Waals surface area (Å²) in [5.74, 6) is -0.173. The Morgan fingerprint density at radius 1 is 0.957 bits per heavy atom. The first kappa shape index (κ1) is 16.2. The average Bonchev–Trinajstić information content (AvgIpc) is 2.57. The van der Waals surface area contributed by atoms with Gasteiger partial charge in [-0.25, -0.2) is 5.43 Å². The summed E-state index contributed by atoms with van der Waals surface area (Å²) in [7, 11) is 0. The minimum Gasteiger partial charge on any atom is -0.507 e. The molecule has 0 saturated heterocycles. The molecule has 0 fully saturated rings. The van der Waals surface area contributed by atoms with Crippen LogP contribution in [0.5, 0.6) is 5.75 Å². The Bertz CT molecular complexity index is 845. The number of hydrogen-bond donors (Lipinski definition) is 2. The SMILES string of the molecule is O.O=C(N/N=C/c1c(O)ccc2ccccc12)c1ccccc1. The molecule has 23 heavy (non-hydrogen) atoms. The highest BCUT2D eigenvalue weighted by Crippen LogP contribution is 2.25. The number of carbonyl (C=O) groups excluding carboxylic acids is 1. The van der Waals surface area contributed by atoms with Gasteiger partial charge in [-0.1, -0.05) is 48.5 Å². The van der Waals surface area contributed by atoms with E-state index in [-0.39, 0.29) is 17.1 Å². The summed E-state index contributed by atoms with van der Waals surface area (Å²) in [4.78, 5) is 11.9. The number of hydrogen-bond acceptors (Lipinski definition) is 3. The standard InChI is InChI=1S/C18H14N2O2.H2O/c21-17-11-10-13-6-4-5-9-15(13)16(17)12-19-20-18(22)14-7-2-1-3-8-14;/h1-12,21H,(H,20,22);1H2/b19-12+;. The molecule has 0 heterocycles. The van der Waals surface area contributed by atoms with Crippen LogP contribution >= 0.6 is 0 Å². The van der Waals surface area contributed by atoms with E-state index >= 15 is 0 Å². The maximum absolute atomic E-state index is 11.9. The first-order valence-electron chi connectivity index (χ1n) is 6.85. The monoisotopic (exact) mass is 308 g/mol. The minimum atomic E-state index is -0.295. The molecule has 0 aliphatic heterocycles. The zero-order valence-electron chi connectivity index (χ0n) is 12.2. The molecular weight excluding hydrogens is 292 g/mol. The van der Waals surface area contributed by atoms with E-state index in [4.69, 9.17) is 0 Å². The second-order valence-electron chi connectivity index (χ2n) is 4.78. The third-order valence-corrected chi connectivity index (χ3v) is 3.34. The molecule has 3 aromatic rings. The van der Waals surface area contributed by atoms with E-state index in [9.17, 15) is 9.90 Å². The van der Waals surface area contributed by atoms with Crippen LogP contribution in [-0.2, 0) is 0 Å². The fraction of sp³-hybridized carbons (Fsp3) is 0. The largest absolute Gasteiger partial charge is 0.507 e. The minimum absolute atomic E-state index is 0. The topological polar surface area (TPSA) is 93.2 Å². The van der Waals surface area contributed by atoms with E-state index < -0.39 is 0 Å². The first-order chi connectivity index (χ1) is 10.8. The number of rotatable bonds is 3. The number of nitrogens with one attached hydrogen (secondary N) is 1. The molecule has 0 aromatic heterocycles. The van der Waals surface area contributed by atoms with Crippen LogP contribution in [0.15, 0.2) is 71.8 Å². The molecule has 0 unspecified atom stereocenters. The third-order valence-electron chi connectivity index (χ3n) is 3.34. The molecule has 0 spiro atoms. The predicted molar refractivity (Wildman–Crippen MR) is 90.7 cm³/mol. The van der Waals surface area contributed by atoms with Crippen molar-refractivity contribution in [2.75, 3.05) is 0 Å². The number of fused-ring (bicyclic) bond motifs is 1. The summed E-state index contributed by atoms with van der Waals surface area (Å²) in [6.45, 7) is 0. The van der Waals surface area contributed by atoms with Gasteiger partial charge in [0.05, 0.1) is 6.21 Å². The Morgan fingerprint density at radius 2 is 1.65 bits per heavy atom. The molecule has 3 rings (SSSR count). The Labute approximate surface area is 133 Å². The third kappa shape index (κ3) is 3.53. The molecule has 4 N–H and O–H groups in total. The van der Waals surface area contributed by atoms with E-state index in [1.807, 2.05) is 36.4 Å². The number of amides is 1. The van der Waals surface area contributed by atoms with Gasteiger partial charge >= 0.3 is 0 Å². The lowest BCUT2D eigenvalue weighted by molar-refractivity contribution is 0.0955. The second kappa shape index (κ2) is 7.20. The molecule has 0 saturated carbocycles. The quantitative estimate of drug-likeness (QED) is 0.574. The van der Waals surface area contributed by atoms with Gasteiger partial charge in [0.25, 0.3) is 5.91 Å². The van der Waals surface area contributed by atoms with Gasteiger partial charge in [-0.05, 0) is 29.0 Å². The van der Waals surface area contributed by atoms with E-state index in [2.05, 4.69) is 10.5 Å². The van der Waals surface area contributed by atoms with E-state index in [0.717, 1.165) is 10.8 Å². The van der Waals surface area contributed by atoms with Crippen LogP contribution in [0.25, 0.3) is 10.8 Å². The van der Waals surface area contributed by atoms with Crippen LogP contribution in [0, 0.1) is 0 Å². The molecule has 5 nitrogen and oxygen atoms in total. The highest BCUT2D eigenvalue weighted by atomic mass is 16.3. The molecule has 3 aromatic carbocycles. The lowest BCUT2D eigenvalue weighted by Gasteiger charge is -2.04. The van der Waals surface area contributed by atoms with Crippen LogP contribution in [0.3, 0.4) is 0 Å². The lowest BCUT2D eigenvalue weighted by Crippen LogP contribution is -2.17. The van der Waals surface area contributed by atoms with Gasteiger partial charge < -0.3 is 10.6 Å².